The normalized spacial score (nSPS) is 12.6. The number of hydrazine groups is 1. The molecule has 3 heteroatoms. The molecule has 0 bridgehead atoms. The van der Waals surface area contributed by atoms with E-state index in [0.717, 1.165) is 15.6 Å². The number of nitrogens with one attached hydrogen (secondary N) is 1. The van der Waals surface area contributed by atoms with Gasteiger partial charge in [0.2, 0.25) is 0 Å². The molecular weight excluding hydrogens is 240 g/mol. The highest BCUT2D eigenvalue weighted by atomic mass is 79.9. The molecule has 3 N–H and O–H groups in total. The first-order valence-corrected chi connectivity index (χ1v) is 5.23. The fourth-order valence-corrected chi connectivity index (χ4v) is 1.80. The highest BCUT2D eigenvalue weighted by Gasteiger charge is 2.12. The van der Waals surface area contributed by atoms with E-state index in [1.807, 2.05) is 13.0 Å². The quantitative estimate of drug-likeness (QED) is 0.495. The van der Waals surface area contributed by atoms with Crippen LogP contribution in [0.3, 0.4) is 0 Å². The number of rotatable bonds is 3. The van der Waals surface area contributed by atoms with Crippen LogP contribution < -0.4 is 11.3 Å². The molecule has 0 saturated carbocycles. The Hall–Kier alpha value is -0.640. The van der Waals surface area contributed by atoms with E-state index in [9.17, 15) is 0 Å². The second-order valence-electron chi connectivity index (χ2n) is 3.45. The van der Waals surface area contributed by atoms with Crippen LogP contribution in [0.4, 0.5) is 0 Å². The molecule has 0 heterocycles. The molecule has 0 aromatic heterocycles. The Labute approximate surface area is 93.3 Å². The maximum absolute atomic E-state index is 5.50. The van der Waals surface area contributed by atoms with E-state index in [1.165, 1.54) is 5.56 Å². The molecule has 0 aliphatic rings. The van der Waals surface area contributed by atoms with Crippen molar-refractivity contribution in [1.29, 1.82) is 0 Å². The molecule has 1 rings (SSSR count). The van der Waals surface area contributed by atoms with Gasteiger partial charge in [-0.2, -0.15) is 0 Å². The smallest absolute Gasteiger partial charge is 0.0667 e. The highest BCUT2D eigenvalue weighted by molar-refractivity contribution is 9.10. The third-order valence-corrected chi connectivity index (χ3v) is 2.71. The lowest BCUT2D eigenvalue weighted by molar-refractivity contribution is 0.624. The SMILES string of the molecule is C=C(C)C(NN)c1cc(Br)ccc1C. The first-order valence-electron chi connectivity index (χ1n) is 4.44. The number of nitrogens with two attached hydrogens (primary N) is 1. The van der Waals surface area contributed by atoms with Crippen molar-refractivity contribution >= 4 is 15.9 Å². The minimum atomic E-state index is 0.0208. The van der Waals surface area contributed by atoms with E-state index in [4.69, 9.17) is 5.84 Å². The van der Waals surface area contributed by atoms with Crippen LogP contribution in [0.1, 0.15) is 24.1 Å². The fraction of sp³-hybridized carbons (Fsp3) is 0.273. The van der Waals surface area contributed by atoms with Gasteiger partial charge in [-0.05, 0) is 37.1 Å². The summed E-state index contributed by atoms with van der Waals surface area (Å²) in [5.74, 6) is 5.50. The second kappa shape index (κ2) is 4.73. The number of hydrogen-bond acceptors (Lipinski definition) is 2. The van der Waals surface area contributed by atoms with Gasteiger partial charge in [0.25, 0.3) is 0 Å². The van der Waals surface area contributed by atoms with E-state index in [1.54, 1.807) is 0 Å². The maximum Gasteiger partial charge on any atom is 0.0667 e. The van der Waals surface area contributed by atoms with Crippen molar-refractivity contribution in [3.8, 4) is 0 Å². The lowest BCUT2D eigenvalue weighted by Crippen LogP contribution is -2.29. The Morgan fingerprint density at radius 2 is 2.21 bits per heavy atom. The summed E-state index contributed by atoms with van der Waals surface area (Å²) in [6.07, 6.45) is 0. The number of halogens is 1. The van der Waals surface area contributed by atoms with Crippen molar-refractivity contribution in [2.45, 2.75) is 19.9 Å². The number of hydrogen-bond donors (Lipinski definition) is 2. The van der Waals surface area contributed by atoms with Gasteiger partial charge in [-0.3, -0.25) is 5.84 Å². The molecule has 0 aliphatic heterocycles. The predicted octanol–water partition coefficient (Wildman–Crippen LogP) is 2.84. The highest BCUT2D eigenvalue weighted by Crippen LogP contribution is 2.25. The molecule has 2 nitrogen and oxygen atoms in total. The molecule has 0 spiro atoms. The second-order valence-corrected chi connectivity index (χ2v) is 4.36. The van der Waals surface area contributed by atoms with Crippen LogP contribution in [0.2, 0.25) is 0 Å². The lowest BCUT2D eigenvalue weighted by Gasteiger charge is -2.18. The molecule has 76 valence electrons. The number of aryl methyl sites for hydroxylation is 1. The third kappa shape index (κ3) is 2.44. The van der Waals surface area contributed by atoms with Crippen molar-refractivity contribution in [2.75, 3.05) is 0 Å². The van der Waals surface area contributed by atoms with Gasteiger partial charge in [0.1, 0.15) is 0 Å². The van der Waals surface area contributed by atoms with E-state index < -0.39 is 0 Å². The summed E-state index contributed by atoms with van der Waals surface area (Å²) in [6, 6.07) is 6.17. The maximum atomic E-state index is 5.50. The molecule has 0 aliphatic carbocycles. The molecule has 1 unspecified atom stereocenters. The summed E-state index contributed by atoms with van der Waals surface area (Å²) in [5.41, 5.74) is 6.14. The molecule has 0 amide bonds. The Kier molecular flexibility index (Phi) is 3.86. The molecule has 1 aromatic rings. The largest absolute Gasteiger partial charge is 0.271 e. The average molecular weight is 255 g/mol. The van der Waals surface area contributed by atoms with Crippen molar-refractivity contribution < 1.29 is 0 Å². The zero-order valence-electron chi connectivity index (χ0n) is 8.47. The van der Waals surface area contributed by atoms with Gasteiger partial charge >= 0.3 is 0 Å². The van der Waals surface area contributed by atoms with Crippen molar-refractivity contribution in [2.24, 2.45) is 5.84 Å². The predicted molar refractivity (Wildman–Crippen MR) is 63.8 cm³/mol. The van der Waals surface area contributed by atoms with Crippen molar-refractivity contribution in [3.63, 3.8) is 0 Å². The molecule has 1 aromatic carbocycles. The first-order chi connectivity index (χ1) is 6.56. The van der Waals surface area contributed by atoms with E-state index in [0.29, 0.717) is 0 Å². The first kappa shape index (κ1) is 11.4. The molecule has 0 saturated heterocycles. The zero-order chi connectivity index (χ0) is 10.7. The summed E-state index contributed by atoms with van der Waals surface area (Å²) in [6.45, 7) is 7.94. The van der Waals surface area contributed by atoms with Gasteiger partial charge in [-0.25, -0.2) is 5.43 Å². The van der Waals surface area contributed by atoms with Gasteiger partial charge in [0.05, 0.1) is 6.04 Å². The van der Waals surface area contributed by atoms with Gasteiger partial charge < -0.3 is 0 Å². The molecule has 0 fully saturated rings. The summed E-state index contributed by atoms with van der Waals surface area (Å²) in [7, 11) is 0. The third-order valence-electron chi connectivity index (χ3n) is 2.21. The van der Waals surface area contributed by atoms with Gasteiger partial charge in [-0.1, -0.05) is 34.1 Å². The van der Waals surface area contributed by atoms with Crippen LogP contribution in [0.5, 0.6) is 0 Å². The van der Waals surface area contributed by atoms with Crippen molar-refractivity contribution in [3.05, 3.63) is 46.0 Å². The van der Waals surface area contributed by atoms with E-state index >= 15 is 0 Å². The summed E-state index contributed by atoms with van der Waals surface area (Å²) in [4.78, 5) is 0. The monoisotopic (exact) mass is 254 g/mol. The summed E-state index contributed by atoms with van der Waals surface area (Å²) in [5, 5.41) is 0. The minimum Gasteiger partial charge on any atom is -0.271 e. The molecule has 14 heavy (non-hydrogen) atoms. The fourth-order valence-electron chi connectivity index (χ4n) is 1.42. The molecular formula is C11H15BrN2. The van der Waals surface area contributed by atoms with Crippen LogP contribution in [-0.4, -0.2) is 0 Å². The number of benzene rings is 1. The standard InChI is InChI=1S/C11H15BrN2/c1-7(2)11(14-13)10-6-9(12)5-4-8(10)3/h4-6,11,14H,1,13H2,2-3H3. The molecule has 0 radical (unpaired) electrons. The van der Waals surface area contributed by atoms with Crippen LogP contribution in [0.15, 0.2) is 34.8 Å². The minimum absolute atomic E-state index is 0.0208. The summed E-state index contributed by atoms with van der Waals surface area (Å²) >= 11 is 3.44. The van der Waals surface area contributed by atoms with Gasteiger partial charge in [0, 0.05) is 4.47 Å². The van der Waals surface area contributed by atoms with Crippen LogP contribution in [-0.2, 0) is 0 Å². The lowest BCUT2D eigenvalue weighted by atomic mass is 9.97. The zero-order valence-corrected chi connectivity index (χ0v) is 10.1. The van der Waals surface area contributed by atoms with Gasteiger partial charge in [0.15, 0.2) is 0 Å². The summed E-state index contributed by atoms with van der Waals surface area (Å²) < 4.78 is 1.06. The average Bonchev–Trinajstić information content (AvgIpc) is 2.11. The Morgan fingerprint density at radius 1 is 1.57 bits per heavy atom. The van der Waals surface area contributed by atoms with Crippen molar-refractivity contribution in [1.82, 2.24) is 5.43 Å². The van der Waals surface area contributed by atoms with Crippen LogP contribution >= 0.6 is 15.9 Å². The topological polar surface area (TPSA) is 38.0 Å². The Morgan fingerprint density at radius 3 is 2.71 bits per heavy atom. The van der Waals surface area contributed by atoms with Crippen LogP contribution in [0, 0.1) is 6.92 Å². The molecule has 1 atom stereocenters. The van der Waals surface area contributed by atoms with Gasteiger partial charge in [-0.15, -0.1) is 0 Å². The van der Waals surface area contributed by atoms with E-state index in [2.05, 4.69) is 47.0 Å². The Bertz CT molecular complexity index is 347. The Balaban J connectivity index is 3.15. The van der Waals surface area contributed by atoms with E-state index in [-0.39, 0.29) is 6.04 Å². The van der Waals surface area contributed by atoms with Crippen LogP contribution in [0.25, 0.3) is 0 Å².